The van der Waals surface area contributed by atoms with Crippen molar-refractivity contribution in [3.8, 4) is 0 Å². The van der Waals surface area contributed by atoms with Crippen molar-refractivity contribution in [1.29, 1.82) is 0 Å². The quantitative estimate of drug-likeness (QED) is 0.588. The summed E-state index contributed by atoms with van der Waals surface area (Å²) in [5.74, 6) is -0.444. The fraction of sp³-hybridized carbons (Fsp3) is 0. The van der Waals surface area contributed by atoms with Gasteiger partial charge in [0.15, 0.2) is 5.82 Å². The average molecular weight is 276 g/mol. The normalized spacial score (nSPS) is 10.7. The molecule has 0 fully saturated rings. The first-order valence-electron chi connectivity index (χ1n) is 3.61. The summed E-state index contributed by atoms with van der Waals surface area (Å²) >= 11 is 4.06. The summed E-state index contributed by atoms with van der Waals surface area (Å²) < 4.78 is 14.0. The van der Waals surface area contributed by atoms with E-state index in [4.69, 9.17) is 0 Å². The Balaban J connectivity index is 2.83. The maximum absolute atomic E-state index is 13.4. The number of hydrogen-bond donors (Lipinski definition) is 0. The summed E-state index contributed by atoms with van der Waals surface area (Å²) in [6.45, 7) is 0. The second kappa shape index (κ2) is 3.29. The highest BCUT2D eigenvalue weighted by Gasteiger charge is 2.17. The smallest absolute Gasteiger partial charge is 0.258 e. The van der Waals surface area contributed by atoms with Crippen LogP contribution in [0.15, 0.2) is 22.0 Å². The predicted octanol–water partition coefficient (Wildman–Crippen LogP) is 3.71. The first-order chi connectivity index (χ1) is 6.61. The largest absolute Gasteiger partial charge is 0.287 e. The van der Waals surface area contributed by atoms with Crippen molar-refractivity contribution in [2.75, 3.05) is 0 Å². The maximum atomic E-state index is 13.4. The summed E-state index contributed by atoms with van der Waals surface area (Å²) in [7, 11) is 0. The van der Waals surface area contributed by atoms with Gasteiger partial charge in [0.2, 0.25) is 0 Å². The Bertz CT molecular complexity index is 525. The Morgan fingerprint density at radius 1 is 1.50 bits per heavy atom. The fourth-order valence-corrected chi connectivity index (χ4v) is 2.59. The number of nitro groups is 1. The van der Waals surface area contributed by atoms with E-state index in [2.05, 4.69) is 15.9 Å². The van der Waals surface area contributed by atoms with Gasteiger partial charge in [-0.1, -0.05) is 0 Å². The predicted molar refractivity (Wildman–Crippen MR) is 56.1 cm³/mol. The van der Waals surface area contributed by atoms with Crippen molar-refractivity contribution < 1.29 is 9.31 Å². The van der Waals surface area contributed by atoms with Gasteiger partial charge < -0.3 is 0 Å². The minimum absolute atomic E-state index is 0.0450. The lowest BCUT2D eigenvalue weighted by Crippen LogP contribution is -1.85. The molecule has 0 bridgehead atoms. The van der Waals surface area contributed by atoms with E-state index in [9.17, 15) is 14.5 Å². The molecule has 2 aromatic rings. The zero-order valence-corrected chi connectivity index (χ0v) is 9.06. The first-order valence-corrected chi connectivity index (χ1v) is 5.28. The Kier molecular flexibility index (Phi) is 2.24. The number of rotatable bonds is 1. The minimum Gasteiger partial charge on any atom is -0.258 e. The standard InChI is InChI=1S/C8H3BrFNO2S/c9-5-2-1-4-6(11(12)13)3-14-8(4)7(5)10/h1-3H. The summed E-state index contributed by atoms with van der Waals surface area (Å²) in [5, 5.41) is 12.2. The van der Waals surface area contributed by atoms with Gasteiger partial charge in [0, 0.05) is 0 Å². The SMILES string of the molecule is O=[N+]([O-])c1csc2c(F)c(Br)ccc12. The van der Waals surface area contributed by atoms with Crippen LogP contribution in [-0.2, 0) is 0 Å². The van der Waals surface area contributed by atoms with Gasteiger partial charge in [-0.15, -0.1) is 11.3 Å². The van der Waals surface area contributed by atoms with Gasteiger partial charge in [-0.25, -0.2) is 4.39 Å². The molecule has 2 rings (SSSR count). The molecule has 0 aliphatic rings. The van der Waals surface area contributed by atoms with E-state index in [1.807, 2.05) is 0 Å². The third-order valence-corrected chi connectivity index (χ3v) is 3.40. The highest BCUT2D eigenvalue weighted by molar-refractivity contribution is 9.10. The van der Waals surface area contributed by atoms with Gasteiger partial charge in [-0.05, 0) is 28.1 Å². The van der Waals surface area contributed by atoms with Gasteiger partial charge in [0.05, 0.1) is 24.9 Å². The number of nitrogens with zero attached hydrogens (tertiary/aromatic N) is 1. The number of halogens is 2. The molecule has 0 atom stereocenters. The van der Waals surface area contributed by atoms with Crippen molar-refractivity contribution >= 4 is 43.0 Å². The number of fused-ring (bicyclic) bond motifs is 1. The molecule has 1 aromatic heterocycles. The molecular formula is C8H3BrFNO2S. The molecule has 0 N–H and O–H groups in total. The van der Waals surface area contributed by atoms with E-state index in [-0.39, 0.29) is 5.69 Å². The molecule has 0 saturated carbocycles. The lowest BCUT2D eigenvalue weighted by atomic mass is 10.2. The topological polar surface area (TPSA) is 43.1 Å². The van der Waals surface area contributed by atoms with Crippen LogP contribution in [0.25, 0.3) is 10.1 Å². The molecule has 6 heteroatoms. The maximum Gasteiger partial charge on any atom is 0.287 e. The molecule has 0 saturated heterocycles. The van der Waals surface area contributed by atoms with Crippen molar-refractivity contribution in [2.45, 2.75) is 0 Å². The molecule has 0 aliphatic heterocycles. The molecule has 0 radical (unpaired) electrons. The van der Waals surface area contributed by atoms with E-state index in [1.54, 1.807) is 0 Å². The Morgan fingerprint density at radius 3 is 2.86 bits per heavy atom. The van der Waals surface area contributed by atoms with Crippen LogP contribution in [0.5, 0.6) is 0 Å². The molecule has 1 aromatic carbocycles. The van der Waals surface area contributed by atoms with E-state index in [1.165, 1.54) is 17.5 Å². The van der Waals surface area contributed by atoms with Crippen LogP contribution in [0.2, 0.25) is 0 Å². The van der Waals surface area contributed by atoms with Gasteiger partial charge in [-0.2, -0.15) is 0 Å². The highest BCUT2D eigenvalue weighted by atomic mass is 79.9. The lowest BCUT2D eigenvalue weighted by Gasteiger charge is -1.94. The monoisotopic (exact) mass is 275 g/mol. The zero-order chi connectivity index (χ0) is 10.3. The van der Waals surface area contributed by atoms with Crippen LogP contribution in [0.4, 0.5) is 10.1 Å². The van der Waals surface area contributed by atoms with Crippen molar-refractivity contribution in [1.82, 2.24) is 0 Å². The third-order valence-electron chi connectivity index (χ3n) is 1.81. The third kappa shape index (κ3) is 1.31. The van der Waals surface area contributed by atoms with Crippen LogP contribution < -0.4 is 0 Å². The van der Waals surface area contributed by atoms with Gasteiger partial charge >= 0.3 is 0 Å². The molecule has 14 heavy (non-hydrogen) atoms. The molecule has 0 aliphatic carbocycles. The van der Waals surface area contributed by atoms with E-state index >= 15 is 0 Å². The second-order valence-corrected chi connectivity index (χ2v) is 4.35. The van der Waals surface area contributed by atoms with Crippen molar-refractivity contribution in [2.24, 2.45) is 0 Å². The molecule has 1 heterocycles. The highest BCUT2D eigenvalue weighted by Crippen LogP contribution is 2.36. The number of hydrogen-bond acceptors (Lipinski definition) is 3. The van der Waals surface area contributed by atoms with Crippen LogP contribution in [0, 0.1) is 15.9 Å². The van der Waals surface area contributed by atoms with Gasteiger partial charge in [0.1, 0.15) is 0 Å². The van der Waals surface area contributed by atoms with E-state index in [0.717, 1.165) is 11.3 Å². The summed E-state index contributed by atoms with van der Waals surface area (Å²) in [5.41, 5.74) is -0.0450. The first kappa shape index (κ1) is 9.54. The Hall–Kier alpha value is -1.01. The molecule has 0 spiro atoms. The summed E-state index contributed by atoms with van der Waals surface area (Å²) in [4.78, 5) is 10.0. The Labute approximate surface area is 90.4 Å². The summed E-state index contributed by atoms with van der Waals surface area (Å²) in [6.07, 6.45) is 0. The molecule has 0 amide bonds. The molecule has 0 unspecified atom stereocenters. The lowest BCUT2D eigenvalue weighted by molar-refractivity contribution is -0.382. The molecule has 72 valence electrons. The van der Waals surface area contributed by atoms with Gasteiger partial charge in [0.25, 0.3) is 5.69 Å². The van der Waals surface area contributed by atoms with E-state index in [0.29, 0.717) is 14.6 Å². The van der Waals surface area contributed by atoms with Crippen LogP contribution in [0.3, 0.4) is 0 Å². The molecule has 3 nitrogen and oxygen atoms in total. The average Bonchev–Trinajstić information content (AvgIpc) is 2.55. The van der Waals surface area contributed by atoms with Gasteiger partial charge in [-0.3, -0.25) is 10.1 Å². The number of thiophene rings is 1. The van der Waals surface area contributed by atoms with Crippen LogP contribution >= 0.6 is 27.3 Å². The zero-order valence-electron chi connectivity index (χ0n) is 6.66. The Morgan fingerprint density at radius 2 is 2.21 bits per heavy atom. The van der Waals surface area contributed by atoms with Crippen molar-refractivity contribution in [3.63, 3.8) is 0 Å². The number of benzene rings is 1. The van der Waals surface area contributed by atoms with E-state index < -0.39 is 10.7 Å². The molecular weight excluding hydrogens is 273 g/mol. The van der Waals surface area contributed by atoms with Crippen LogP contribution in [-0.4, -0.2) is 4.92 Å². The minimum atomic E-state index is -0.508. The van der Waals surface area contributed by atoms with Crippen molar-refractivity contribution in [3.05, 3.63) is 37.9 Å². The second-order valence-electron chi connectivity index (χ2n) is 2.62. The van der Waals surface area contributed by atoms with Crippen LogP contribution in [0.1, 0.15) is 0 Å². The summed E-state index contributed by atoms with van der Waals surface area (Å²) in [6, 6.07) is 3.01. The fourth-order valence-electron chi connectivity index (χ4n) is 1.17.